The van der Waals surface area contributed by atoms with Crippen molar-refractivity contribution in [2.45, 2.75) is 26.8 Å². The van der Waals surface area contributed by atoms with Crippen molar-refractivity contribution in [1.29, 1.82) is 0 Å². The Hall–Kier alpha value is -1.36. The molecule has 1 unspecified atom stereocenters. The molecule has 0 aromatic carbocycles. The molecule has 5 nitrogen and oxygen atoms in total. The van der Waals surface area contributed by atoms with Gasteiger partial charge in [-0.3, -0.25) is 9.59 Å². The molecular weight excluding hydrogens is 218 g/mol. The van der Waals surface area contributed by atoms with Gasteiger partial charge in [-0.2, -0.15) is 0 Å². The summed E-state index contributed by atoms with van der Waals surface area (Å²) in [6.07, 6.45) is 1.50. The Morgan fingerprint density at radius 1 is 1.29 bits per heavy atom. The zero-order valence-corrected chi connectivity index (χ0v) is 10.7. The Labute approximate surface area is 102 Å². The second-order valence-electron chi connectivity index (χ2n) is 4.53. The Morgan fingerprint density at radius 2 is 1.88 bits per heavy atom. The minimum Gasteiger partial charge on any atom is -0.341 e. The van der Waals surface area contributed by atoms with Crippen LogP contribution in [0, 0.1) is 0 Å². The fourth-order valence-electron chi connectivity index (χ4n) is 1.74. The molecule has 1 aliphatic rings. The van der Waals surface area contributed by atoms with Crippen LogP contribution in [-0.2, 0) is 9.59 Å². The normalized spacial score (nSPS) is 17.2. The highest BCUT2D eigenvalue weighted by atomic mass is 16.2. The lowest BCUT2D eigenvalue weighted by atomic mass is 10.2. The maximum absolute atomic E-state index is 12.0. The number of piperazine rings is 1. The van der Waals surface area contributed by atoms with E-state index in [0.29, 0.717) is 13.1 Å². The third-order valence-corrected chi connectivity index (χ3v) is 2.58. The first kappa shape index (κ1) is 13.7. The Kier molecular flexibility index (Phi) is 5.15. The van der Waals surface area contributed by atoms with Gasteiger partial charge in [0.25, 0.3) is 0 Å². The molecule has 0 aromatic heterocycles. The van der Waals surface area contributed by atoms with Crippen molar-refractivity contribution in [2.75, 3.05) is 26.2 Å². The molecule has 96 valence electrons. The second-order valence-corrected chi connectivity index (χ2v) is 4.53. The van der Waals surface area contributed by atoms with Gasteiger partial charge in [0.05, 0.1) is 0 Å². The maximum Gasteiger partial charge on any atom is 0.244 e. The van der Waals surface area contributed by atoms with Crippen molar-refractivity contribution < 1.29 is 9.59 Å². The lowest BCUT2D eigenvalue weighted by Crippen LogP contribution is -2.52. The zero-order chi connectivity index (χ0) is 12.8. The van der Waals surface area contributed by atoms with Gasteiger partial charge in [0.15, 0.2) is 0 Å². The number of hydrogen-bond donors (Lipinski definition) is 2. The van der Waals surface area contributed by atoms with E-state index in [1.54, 1.807) is 11.8 Å². The summed E-state index contributed by atoms with van der Waals surface area (Å²) in [5, 5.41) is 5.87. The van der Waals surface area contributed by atoms with Gasteiger partial charge in [-0.25, -0.2) is 0 Å². The van der Waals surface area contributed by atoms with E-state index in [9.17, 15) is 9.59 Å². The van der Waals surface area contributed by atoms with Gasteiger partial charge in [-0.15, -0.1) is 0 Å². The number of nitrogens with one attached hydrogen (secondary N) is 2. The molecule has 0 aromatic rings. The van der Waals surface area contributed by atoms with E-state index in [1.165, 1.54) is 6.08 Å². The van der Waals surface area contributed by atoms with E-state index < -0.39 is 6.04 Å². The van der Waals surface area contributed by atoms with Crippen molar-refractivity contribution in [3.63, 3.8) is 0 Å². The molecule has 0 bridgehead atoms. The molecule has 2 amide bonds. The number of hydrogen-bond acceptors (Lipinski definition) is 3. The second kappa shape index (κ2) is 6.39. The highest BCUT2D eigenvalue weighted by Gasteiger charge is 2.22. The number of rotatable bonds is 3. The van der Waals surface area contributed by atoms with Gasteiger partial charge < -0.3 is 15.5 Å². The summed E-state index contributed by atoms with van der Waals surface area (Å²) in [5.41, 5.74) is 0.921. The predicted octanol–water partition coefficient (Wildman–Crippen LogP) is -0.111. The van der Waals surface area contributed by atoms with Crippen molar-refractivity contribution in [3.8, 4) is 0 Å². The number of carbonyl (C=O) groups excluding carboxylic acids is 2. The number of amides is 2. The van der Waals surface area contributed by atoms with E-state index in [4.69, 9.17) is 0 Å². The minimum atomic E-state index is -0.462. The van der Waals surface area contributed by atoms with Gasteiger partial charge in [0.2, 0.25) is 11.8 Å². The Morgan fingerprint density at radius 3 is 2.41 bits per heavy atom. The summed E-state index contributed by atoms with van der Waals surface area (Å²) in [4.78, 5) is 25.2. The molecule has 0 radical (unpaired) electrons. The lowest BCUT2D eigenvalue weighted by Gasteiger charge is -2.29. The lowest BCUT2D eigenvalue weighted by molar-refractivity contribution is -0.135. The summed E-state index contributed by atoms with van der Waals surface area (Å²) in [7, 11) is 0. The highest BCUT2D eigenvalue weighted by molar-refractivity contribution is 5.93. The Bertz CT molecular complexity index is 316. The maximum atomic E-state index is 12.0. The van der Waals surface area contributed by atoms with Gasteiger partial charge in [0, 0.05) is 32.3 Å². The van der Waals surface area contributed by atoms with Crippen LogP contribution in [0.3, 0.4) is 0 Å². The number of allylic oxidation sites excluding steroid dienone is 1. The first-order chi connectivity index (χ1) is 8.00. The molecule has 17 heavy (non-hydrogen) atoms. The van der Waals surface area contributed by atoms with E-state index in [-0.39, 0.29) is 11.8 Å². The molecule has 0 aliphatic carbocycles. The van der Waals surface area contributed by atoms with Crippen LogP contribution < -0.4 is 10.6 Å². The van der Waals surface area contributed by atoms with E-state index in [2.05, 4.69) is 10.6 Å². The molecule has 1 atom stereocenters. The molecular formula is C12H21N3O2. The molecule has 1 rings (SSSR count). The standard InChI is InChI=1S/C12H21N3O2/c1-9(2)8-11(16)14-10(3)12(17)15-6-4-13-5-7-15/h8,10,13H,4-7H2,1-3H3,(H,14,16). The fraction of sp³-hybridized carbons (Fsp3) is 0.667. The van der Waals surface area contributed by atoms with Crippen LogP contribution >= 0.6 is 0 Å². The molecule has 1 heterocycles. The topological polar surface area (TPSA) is 61.4 Å². The largest absolute Gasteiger partial charge is 0.341 e. The molecule has 1 fully saturated rings. The molecule has 2 N–H and O–H groups in total. The van der Waals surface area contributed by atoms with Crippen molar-refractivity contribution in [2.24, 2.45) is 0 Å². The third kappa shape index (κ3) is 4.56. The molecule has 0 spiro atoms. The first-order valence-corrected chi connectivity index (χ1v) is 5.95. The number of nitrogens with zero attached hydrogens (tertiary/aromatic N) is 1. The summed E-state index contributed by atoms with van der Waals surface area (Å²) < 4.78 is 0. The monoisotopic (exact) mass is 239 g/mol. The summed E-state index contributed by atoms with van der Waals surface area (Å²) in [6, 6.07) is -0.462. The number of carbonyl (C=O) groups is 2. The van der Waals surface area contributed by atoms with E-state index in [0.717, 1.165) is 18.7 Å². The van der Waals surface area contributed by atoms with Crippen LogP contribution in [0.2, 0.25) is 0 Å². The van der Waals surface area contributed by atoms with E-state index in [1.807, 2.05) is 13.8 Å². The Balaban J connectivity index is 2.46. The van der Waals surface area contributed by atoms with Crippen LogP contribution in [-0.4, -0.2) is 48.9 Å². The average molecular weight is 239 g/mol. The van der Waals surface area contributed by atoms with Crippen molar-refractivity contribution >= 4 is 11.8 Å². The van der Waals surface area contributed by atoms with Crippen molar-refractivity contribution in [1.82, 2.24) is 15.5 Å². The van der Waals surface area contributed by atoms with Crippen LogP contribution in [0.5, 0.6) is 0 Å². The van der Waals surface area contributed by atoms with Crippen LogP contribution in [0.1, 0.15) is 20.8 Å². The van der Waals surface area contributed by atoms with Gasteiger partial charge >= 0.3 is 0 Å². The molecule has 1 saturated heterocycles. The van der Waals surface area contributed by atoms with Gasteiger partial charge in [0.1, 0.15) is 6.04 Å². The quantitative estimate of drug-likeness (QED) is 0.676. The highest BCUT2D eigenvalue weighted by Crippen LogP contribution is 1.98. The summed E-state index contributed by atoms with van der Waals surface area (Å²) in [6.45, 7) is 8.48. The SMILES string of the molecule is CC(C)=CC(=O)NC(C)C(=O)N1CCNCC1. The summed E-state index contributed by atoms with van der Waals surface area (Å²) in [5.74, 6) is -0.219. The third-order valence-electron chi connectivity index (χ3n) is 2.58. The van der Waals surface area contributed by atoms with Crippen LogP contribution in [0.25, 0.3) is 0 Å². The molecule has 0 saturated carbocycles. The average Bonchev–Trinajstić information content (AvgIpc) is 2.28. The predicted molar refractivity (Wildman–Crippen MR) is 66.5 cm³/mol. The smallest absolute Gasteiger partial charge is 0.244 e. The van der Waals surface area contributed by atoms with E-state index >= 15 is 0 Å². The molecule has 5 heteroatoms. The van der Waals surface area contributed by atoms with Crippen LogP contribution in [0.15, 0.2) is 11.6 Å². The summed E-state index contributed by atoms with van der Waals surface area (Å²) >= 11 is 0. The zero-order valence-electron chi connectivity index (χ0n) is 10.7. The molecule has 1 aliphatic heterocycles. The van der Waals surface area contributed by atoms with Crippen molar-refractivity contribution in [3.05, 3.63) is 11.6 Å². The first-order valence-electron chi connectivity index (χ1n) is 5.95. The minimum absolute atomic E-state index is 0.0120. The fourth-order valence-corrected chi connectivity index (χ4v) is 1.74. The van der Waals surface area contributed by atoms with Crippen LogP contribution in [0.4, 0.5) is 0 Å². The van der Waals surface area contributed by atoms with Gasteiger partial charge in [-0.1, -0.05) is 5.57 Å². The van der Waals surface area contributed by atoms with Gasteiger partial charge in [-0.05, 0) is 20.8 Å².